The minimum absolute atomic E-state index is 0.0129. The van der Waals surface area contributed by atoms with Crippen molar-refractivity contribution in [3.05, 3.63) is 53.6 Å². The molecule has 2 rings (SSSR count). The van der Waals surface area contributed by atoms with Crippen molar-refractivity contribution in [2.45, 2.75) is 26.4 Å². The van der Waals surface area contributed by atoms with Gasteiger partial charge in [0.15, 0.2) is 17.6 Å². The Balaban J connectivity index is 1.76. The molecule has 0 heterocycles. The number of ether oxygens (including phenoxy) is 3. The summed E-state index contributed by atoms with van der Waals surface area (Å²) in [5, 5.41) is 3.22. The Bertz CT molecular complexity index is 763. The molecular weight excluding hydrogens is 370 g/mol. The van der Waals surface area contributed by atoms with E-state index < -0.39 is 18.0 Å². The number of hydrogen-bond acceptors (Lipinski definition) is 5. The Morgan fingerprint density at radius 2 is 1.67 bits per heavy atom. The minimum Gasteiger partial charge on any atom is -0.490 e. The molecule has 0 saturated carbocycles. The van der Waals surface area contributed by atoms with Crippen LogP contribution in [0, 0.1) is 0 Å². The van der Waals surface area contributed by atoms with Crippen LogP contribution in [0.15, 0.2) is 48.5 Å². The van der Waals surface area contributed by atoms with Crippen LogP contribution >= 0.6 is 11.6 Å². The first kappa shape index (κ1) is 20.6. The number of carbonyl (C=O) groups excluding carboxylic acids is 2. The van der Waals surface area contributed by atoms with Gasteiger partial charge in [-0.1, -0.05) is 23.7 Å². The molecule has 2 aromatic rings. The van der Waals surface area contributed by atoms with Gasteiger partial charge < -0.3 is 19.5 Å². The Hall–Kier alpha value is -2.73. The van der Waals surface area contributed by atoms with Crippen molar-refractivity contribution in [1.29, 1.82) is 0 Å². The average Bonchev–Trinajstić information content (AvgIpc) is 2.65. The van der Waals surface area contributed by atoms with E-state index >= 15 is 0 Å². The van der Waals surface area contributed by atoms with E-state index in [0.717, 1.165) is 0 Å². The smallest absolute Gasteiger partial charge is 0.310 e. The number of nitrogens with one attached hydrogen (secondary N) is 1. The molecule has 0 unspecified atom stereocenters. The van der Waals surface area contributed by atoms with Crippen LogP contribution in [0.2, 0.25) is 5.02 Å². The van der Waals surface area contributed by atoms with E-state index in [1.54, 1.807) is 36.4 Å². The number of amides is 1. The van der Waals surface area contributed by atoms with Gasteiger partial charge in [-0.3, -0.25) is 9.59 Å². The first-order chi connectivity index (χ1) is 13.0. The summed E-state index contributed by atoms with van der Waals surface area (Å²) in [6, 6.07) is 13.9. The molecule has 0 aliphatic heterocycles. The number of hydrogen-bond donors (Lipinski definition) is 1. The Morgan fingerprint density at radius 1 is 1.04 bits per heavy atom. The molecule has 1 N–H and O–H groups in total. The third-order valence-corrected chi connectivity index (χ3v) is 3.75. The zero-order chi connectivity index (χ0) is 19.6. The summed E-state index contributed by atoms with van der Waals surface area (Å²) >= 11 is 5.80. The van der Waals surface area contributed by atoms with Gasteiger partial charge in [0.1, 0.15) is 0 Å². The SMILES string of the molecule is CCOc1ccccc1OCCC(=O)O[C@H](C)C(=O)Nc1ccc(Cl)cc1. The largest absolute Gasteiger partial charge is 0.490 e. The lowest BCUT2D eigenvalue weighted by Gasteiger charge is -2.14. The average molecular weight is 392 g/mol. The highest BCUT2D eigenvalue weighted by atomic mass is 35.5. The highest BCUT2D eigenvalue weighted by Crippen LogP contribution is 2.26. The molecule has 1 amide bonds. The van der Waals surface area contributed by atoms with Crippen molar-refractivity contribution in [3.63, 3.8) is 0 Å². The van der Waals surface area contributed by atoms with E-state index in [1.807, 2.05) is 19.1 Å². The van der Waals surface area contributed by atoms with Gasteiger partial charge in [0.05, 0.1) is 19.6 Å². The fourth-order valence-corrected chi connectivity index (χ4v) is 2.30. The molecule has 0 fully saturated rings. The van der Waals surface area contributed by atoms with E-state index in [0.29, 0.717) is 28.8 Å². The lowest BCUT2D eigenvalue weighted by molar-refractivity contribution is -0.153. The number of halogens is 1. The molecule has 0 aliphatic carbocycles. The first-order valence-corrected chi connectivity index (χ1v) is 8.98. The minimum atomic E-state index is -0.927. The number of anilines is 1. The molecular formula is C20H22ClNO5. The molecule has 1 atom stereocenters. The number of benzene rings is 2. The van der Waals surface area contributed by atoms with Gasteiger partial charge in [0.25, 0.3) is 5.91 Å². The molecule has 0 aliphatic rings. The summed E-state index contributed by atoms with van der Waals surface area (Å²) in [7, 11) is 0. The lowest BCUT2D eigenvalue weighted by atomic mass is 10.3. The second kappa shape index (κ2) is 10.4. The zero-order valence-electron chi connectivity index (χ0n) is 15.2. The summed E-state index contributed by atoms with van der Waals surface area (Å²) in [5.41, 5.74) is 0.572. The van der Waals surface area contributed by atoms with E-state index in [1.165, 1.54) is 6.92 Å². The molecule has 0 aromatic heterocycles. The van der Waals surface area contributed by atoms with E-state index in [9.17, 15) is 9.59 Å². The number of carbonyl (C=O) groups is 2. The monoisotopic (exact) mass is 391 g/mol. The Kier molecular flexibility index (Phi) is 7.95. The van der Waals surface area contributed by atoms with Crippen molar-refractivity contribution in [2.24, 2.45) is 0 Å². The molecule has 0 radical (unpaired) electrons. The maximum absolute atomic E-state index is 12.1. The molecule has 7 heteroatoms. The third kappa shape index (κ3) is 6.83. The van der Waals surface area contributed by atoms with Crippen molar-refractivity contribution in [1.82, 2.24) is 0 Å². The normalized spacial score (nSPS) is 11.4. The van der Waals surface area contributed by atoms with Crippen molar-refractivity contribution in [3.8, 4) is 11.5 Å². The van der Waals surface area contributed by atoms with Crippen molar-refractivity contribution in [2.75, 3.05) is 18.5 Å². The second-order valence-electron chi connectivity index (χ2n) is 5.61. The topological polar surface area (TPSA) is 73.9 Å². The number of para-hydroxylation sites is 2. The highest BCUT2D eigenvalue weighted by Gasteiger charge is 2.18. The van der Waals surface area contributed by atoms with Crippen LogP contribution in [0.25, 0.3) is 0 Å². The maximum atomic E-state index is 12.1. The fraction of sp³-hybridized carbons (Fsp3) is 0.300. The number of rotatable bonds is 9. The summed E-state index contributed by atoms with van der Waals surface area (Å²) in [6.45, 7) is 4.02. The predicted molar refractivity (Wildman–Crippen MR) is 103 cm³/mol. The molecule has 0 saturated heterocycles. The molecule has 6 nitrogen and oxygen atoms in total. The number of esters is 1. The van der Waals surface area contributed by atoms with Crippen LogP contribution in [0.5, 0.6) is 11.5 Å². The van der Waals surface area contributed by atoms with Crippen molar-refractivity contribution < 1.29 is 23.8 Å². The Labute approximate surface area is 163 Å². The van der Waals surface area contributed by atoms with Crippen LogP contribution in [0.3, 0.4) is 0 Å². The quantitative estimate of drug-likeness (QED) is 0.652. The molecule has 27 heavy (non-hydrogen) atoms. The van der Waals surface area contributed by atoms with Crippen LogP contribution in [0.1, 0.15) is 20.3 Å². The summed E-state index contributed by atoms with van der Waals surface area (Å²) in [5.74, 6) is 0.223. The summed E-state index contributed by atoms with van der Waals surface area (Å²) < 4.78 is 16.2. The van der Waals surface area contributed by atoms with Crippen molar-refractivity contribution >= 4 is 29.2 Å². The molecule has 0 bridgehead atoms. The van der Waals surface area contributed by atoms with Gasteiger partial charge in [0.2, 0.25) is 0 Å². The second-order valence-corrected chi connectivity index (χ2v) is 6.04. The summed E-state index contributed by atoms with van der Waals surface area (Å²) in [4.78, 5) is 24.0. The standard InChI is InChI=1S/C20H22ClNO5/c1-3-25-17-6-4-5-7-18(17)26-13-12-19(23)27-14(2)20(24)22-16-10-8-15(21)9-11-16/h4-11,14H,3,12-13H2,1-2H3,(H,22,24)/t14-/m1/s1. The fourth-order valence-electron chi connectivity index (χ4n) is 2.18. The van der Waals surface area contributed by atoms with Gasteiger partial charge in [-0.15, -0.1) is 0 Å². The van der Waals surface area contributed by atoms with Gasteiger partial charge in [-0.2, -0.15) is 0 Å². The van der Waals surface area contributed by atoms with Crippen LogP contribution in [0.4, 0.5) is 5.69 Å². The van der Waals surface area contributed by atoms with Crippen LogP contribution in [-0.2, 0) is 14.3 Å². The van der Waals surface area contributed by atoms with Crippen LogP contribution < -0.4 is 14.8 Å². The zero-order valence-corrected chi connectivity index (χ0v) is 16.0. The van der Waals surface area contributed by atoms with E-state index in [4.69, 9.17) is 25.8 Å². The Morgan fingerprint density at radius 3 is 2.30 bits per heavy atom. The summed E-state index contributed by atoms with van der Waals surface area (Å²) in [6.07, 6.45) is -0.914. The van der Waals surface area contributed by atoms with Gasteiger partial charge in [0, 0.05) is 10.7 Å². The van der Waals surface area contributed by atoms with Gasteiger partial charge in [-0.05, 0) is 50.2 Å². The maximum Gasteiger partial charge on any atom is 0.310 e. The van der Waals surface area contributed by atoms with Gasteiger partial charge in [-0.25, -0.2) is 0 Å². The van der Waals surface area contributed by atoms with E-state index in [2.05, 4.69) is 5.32 Å². The lowest BCUT2D eigenvalue weighted by Crippen LogP contribution is -2.30. The van der Waals surface area contributed by atoms with Crippen LogP contribution in [-0.4, -0.2) is 31.2 Å². The van der Waals surface area contributed by atoms with E-state index in [-0.39, 0.29) is 13.0 Å². The molecule has 0 spiro atoms. The highest BCUT2D eigenvalue weighted by molar-refractivity contribution is 6.30. The molecule has 144 valence electrons. The first-order valence-electron chi connectivity index (χ1n) is 8.60. The van der Waals surface area contributed by atoms with Gasteiger partial charge >= 0.3 is 5.97 Å². The molecule has 2 aromatic carbocycles. The third-order valence-electron chi connectivity index (χ3n) is 3.50. The predicted octanol–water partition coefficient (Wildman–Crippen LogP) is 4.08.